The van der Waals surface area contributed by atoms with Crippen molar-refractivity contribution in [1.82, 2.24) is 4.90 Å². The molecule has 0 saturated carbocycles. The van der Waals surface area contributed by atoms with Gasteiger partial charge in [0.15, 0.2) is 0 Å². The molecule has 0 aliphatic rings. The topological polar surface area (TPSA) is 40.5 Å². The van der Waals surface area contributed by atoms with E-state index in [1.54, 1.807) is 0 Å². The molecule has 0 heterocycles. The average molecular weight is 257 g/mol. The maximum absolute atomic E-state index is 11.1. The molecule has 0 aromatic heterocycles. The molecule has 0 unspecified atom stereocenters. The van der Waals surface area contributed by atoms with E-state index in [1.807, 2.05) is 13.8 Å². The normalized spacial score (nSPS) is 12.7. The van der Waals surface area contributed by atoms with Crippen molar-refractivity contribution < 1.29 is 9.90 Å². The fraction of sp³-hybridized carbons (Fsp3) is 0.933. The molecular formula is C15H31NO2. The van der Waals surface area contributed by atoms with Crippen molar-refractivity contribution >= 4 is 5.97 Å². The summed E-state index contributed by atoms with van der Waals surface area (Å²) in [5, 5.41) is 9.17. The van der Waals surface area contributed by atoms with E-state index in [9.17, 15) is 9.90 Å². The van der Waals surface area contributed by atoms with E-state index < -0.39 is 11.4 Å². The van der Waals surface area contributed by atoms with Crippen LogP contribution in [-0.4, -0.2) is 35.1 Å². The molecule has 108 valence electrons. The summed E-state index contributed by atoms with van der Waals surface area (Å²) < 4.78 is 0. The molecule has 0 spiro atoms. The summed E-state index contributed by atoms with van der Waals surface area (Å²) in [6, 6.07) is 0.581. The largest absolute Gasteiger partial charge is 0.481 e. The Morgan fingerprint density at radius 1 is 1.22 bits per heavy atom. The van der Waals surface area contributed by atoms with Crippen LogP contribution in [0.2, 0.25) is 0 Å². The first-order valence-electron chi connectivity index (χ1n) is 7.22. The molecule has 0 saturated heterocycles. The highest BCUT2D eigenvalue weighted by Gasteiger charge is 2.28. The van der Waals surface area contributed by atoms with Crippen molar-refractivity contribution in [2.75, 3.05) is 13.1 Å². The zero-order valence-electron chi connectivity index (χ0n) is 13.0. The summed E-state index contributed by atoms with van der Waals surface area (Å²) in [6.45, 7) is 14.4. The minimum atomic E-state index is -0.698. The van der Waals surface area contributed by atoms with Gasteiger partial charge in [0.1, 0.15) is 0 Å². The molecule has 3 nitrogen and oxygen atoms in total. The Balaban J connectivity index is 4.55. The molecule has 18 heavy (non-hydrogen) atoms. The first kappa shape index (κ1) is 17.4. The van der Waals surface area contributed by atoms with Crippen molar-refractivity contribution in [2.24, 2.45) is 11.3 Å². The number of hydrogen-bond acceptors (Lipinski definition) is 2. The summed E-state index contributed by atoms with van der Waals surface area (Å²) in [4.78, 5) is 13.6. The Bertz CT molecular complexity index is 245. The Morgan fingerprint density at radius 2 is 1.72 bits per heavy atom. The van der Waals surface area contributed by atoms with Gasteiger partial charge < -0.3 is 10.0 Å². The van der Waals surface area contributed by atoms with Crippen LogP contribution in [0.1, 0.15) is 60.8 Å². The molecule has 0 rings (SSSR count). The lowest BCUT2D eigenvalue weighted by atomic mass is 9.89. The molecule has 0 aliphatic carbocycles. The van der Waals surface area contributed by atoms with Gasteiger partial charge in [-0.15, -0.1) is 0 Å². The van der Waals surface area contributed by atoms with Crippen LogP contribution in [0.4, 0.5) is 0 Å². The van der Waals surface area contributed by atoms with Crippen LogP contribution in [0.3, 0.4) is 0 Å². The maximum atomic E-state index is 11.1. The SMILES string of the molecule is CCC(CC)N(CCC(C)(C)C(=O)O)CC(C)C. The van der Waals surface area contributed by atoms with Crippen molar-refractivity contribution in [3.63, 3.8) is 0 Å². The third kappa shape index (κ3) is 5.85. The Labute approximate surface area is 113 Å². The highest BCUT2D eigenvalue weighted by atomic mass is 16.4. The van der Waals surface area contributed by atoms with E-state index in [-0.39, 0.29) is 0 Å². The fourth-order valence-corrected chi connectivity index (χ4v) is 2.23. The third-order valence-electron chi connectivity index (χ3n) is 3.66. The zero-order valence-corrected chi connectivity index (χ0v) is 13.0. The van der Waals surface area contributed by atoms with Crippen LogP contribution in [0, 0.1) is 11.3 Å². The summed E-state index contributed by atoms with van der Waals surface area (Å²) >= 11 is 0. The smallest absolute Gasteiger partial charge is 0.309 e. The summed E-state index contributed by atoms with van der Waals surface area (Å²) in [5.74, 6) is -0.0740. The van der Waals surface area contributed by atoms with Gasteiger partial charge in [-0.3, -0.25) is 4.79 Å². The molecule has 0 radical (unpaired) electrons. The molecule has 1 N–H and O–H groups in total. The predicted molar refractivity (Wildman–Crippen MR) is 76.8 cm³/mol. The van der Waals surface area contributed by atoms with Crippen LogP contribution in [-0.2, 0) is 4.79 Å². The fourth-order valence-electron chi connectivity index (χ4n) is 2.23. The minimum absolute atomic E-state index is 0.581. The Hall–Kier alpha value is -0.570. The maximum Gasteiger partial charge on any atom is 0.309 e. The molecule has 0 aliphatic heterocycles. The van der Waals surface area contributed by atoms with Crippen LogP contribution < -0.4 is 0 Å². The molecular weight excluding hydrogens is 226 g/mol. The zero-order chi connectivity index (χ0) is 14.3. The molecule has 0 bridgehead atoms. The van der Waals surface area contributed by atoms with Crippen molar-refractivity contribution in [3.05, 3.63) is 0 Å². The van der Waals surface area contributed by atoms with E-state index in [0.717, 1.165) is 25.9 Å². The van der Waals surface area contributed by atoms with Gasteiger partial charge in [-0.2, -0.15) is 0 Å². The van der Waals surface area contributed by atoms with Crippen LogP contribution in [0.5, 0.6) is 0 Å². The van der Waals surface area contributed by atoms with Gasteiger partial charge in [-0.05, 0) is 45.6 Å². The lowest BCUT2D eigenvalue weighted by Gasteiger charge is -2.34. The van der Waals surface area contributed by atoms with E-state index in [1.165, 1.54) is 0 Å². The second-order valence-corrected chi connectivity index (χ2v) is 6.30. The average Bonchev–Trinajstić information content (AvgIpc) is 2.26. The third-order valence-corrected chi connectivity index (χ3v) is 3.66. The quantitative estimate of drug-likeness (QED) is 0.685. The second-order valence-electron chi connectivity index (χ2n) is 6.30. The van der Waals surface area contributed by atoms with Crippen molar-refractivity contribution in [2.45, 2.75) is 66.8 Å². The summed E-state index contributed by atoms with van der Waals surface area (Å²) in [6.07, 6.45) is 2.99. The molecule has 0 fully saturated rings. The number of carbonyl (C=O) groups is 1. The summed E-state index contributed by atoms with van der Waals surface area (Å²) in [5.41, 5.74) is -0.624. The van der Waals surface area contributed by atoms with E-state index >= 15 is 0 Å². The van der Waals surface area contributed by atoms with Gasteiger partial charge in [-0.25, -0.2) is 0 Å². The van der Waals surface area contributed by atoms with Crippen LogP contribution >= 0.6 is 0 Å². The second kappa shape index (κ2) is 7.78. The van der Waals surface area contributed by atoms with Crippen molar-refractivity contribution in [1.29, 1.82) is 0 Å². The lowest BCUT2D eigenvalue weighted by molar-refractivity contribution is -0.147. The van der Waals surface area contributed by atoms with Gasteiger partial charge in [0, 0.05) is 12.6 Å². The predicted octanol–water partition coefficient (Wildman–Crippen LogP) is 3.63. The molecule has 0 aromatic carbocycles. The van der Waals surface area contributed by atoms with Crippen molar-refractivity contribution in [3.8, 4) is 0 Å². The van der Waals surface area contributed by atoms with Gasteiger partial charge in [0.05, 0.1) is 5.41 Å². The first-order chi connectivity index (χ1) is 8.24. The first-order valence-corrected chi connectivity index (χ1v) is 7.22. The van der Waals surface area contributed by atoms with E-state index in [0.29, 0.717) is 18.4 Å². The highest BCUT2D eigenvalue weighted by molar-refractivity contribution is 5.73. The van der Waals surface area contributed by atoms with Gasteiger partial charge in [0.25, 0.3) is 0 Å². The van der Waals surface area contributed by atoms with E-state index in [4.69, 9.17) is 0 Å². The van der Waals surface area contributed by atoms with Gasteiger partial charge in [-0.1, -0.05) is 27.7 Å². The number of carboxylic acid groups (broad SMARTS) is 1. The van der Waals surface area contributed by atoms with Gasteiger partial charge in [0.2, 0.25) is 0 Å². The lowest BCUT2D eigenvalue weighted by Crippen LogP contribution is -2.40. The molecule has 0 aromatic rings. The molecule has 3 heteroatoms. The summed E-state index contributed by atoms with van der Waals surface area (Å²) in [7, 11) is 0. The number of hydrogen-bond donors (Lipinski definition) is 1. The van der Waals surface area contributed by atoms with E-state index in [2.05, 4.69) is 32.6 Å². The Kier molecular flexibility index (Phi) is 7.53. The standard InChI is InChI=1S/C15H31NO2/c1-7-13(8-2)16(11-12(3)4)10-9-15(5,6)14(17)18/h12-13H,7-11H2,1-6H3,(H,17,18). The van der Waals surface area contributed by atoms with Crippen LogP contribution in [0.25, 0.3) is 0 Å². The molecule has 0 atom stereocenters. The van der Waals surface area contributed by atoms with Crippen LogP contribution in [0.15, 0.2) is 0 Å². The monoisotopic (exact) mass is 257 g/mol. The highest BCUT2D eigenvalue weighted by Crippen LogP contribution is 2.22. The number of carboxylic acids is 1. The van der Waals surface area contributed by atoms with Gasteiger partial charge >= 0.3 is 5.97 Å². The number of nitrogens with zero attached hydrogens (tertiary/aromatic N) is 1. The Morgan fingerprint density at radius 3 is 2.06 bits per heavy atom. The number of aliphatic carboxylic acids is 1. The minimum Gasteiger partial charge on any atom is -0.481 e. The number of rotatable bonds is 9. The molecule has 0 amide bonds.